The third kappa shape index (κ3) is 5.63. The molecular weight excluding hydrogens is 268 g/mol. The molecule has 0 saturated heterocycles. The highest BCUT2D eigenvalue weighted by molar-refractivity contribution is 5.76. The Labute approximate surface area is 126 Å². The maximum atomic E-state index is 11.7. The zero-order chi connectivity index (χ0) is 15.8. The molecule has 5 heteroatoms. The monoisotopic (exact) mass is 294 g/mol. The highest BCUT2D eigenvalue weighted by atomic mass is 16.5. The Morgan fingerprint density at radius 2 is 2.00 bits per heavy atom. The molecule has 0 aromatic heterocycles. The fraction of sp³-hybridized carbons (Fsp3) is 0.562. The van der Waals surface area contributed by atoms with Gasteiger partial charge in [-0.2, -0.15) is 0 Å². The second-order valence-corrected chi connectivity index (χ2v) is 5.26. The molecule has 118 valence electrons. The van der Waals surface area contributed by atoms with Gasteiger partial charge in [0.05, 0.1) is 19.3 Å². The van der Waals surface area contributed by atoms with Crippen molar-refractivity contribution in [2.24, 2.45) is 5.73 Å². The molecule has 0 spiro atoms. The van der Waals surface area contributed by atoms with Crippen molar-refractivity contribution in [3.63, 3.8) is 0 Å². The quantitative estimate of drug-likeness (QED) is 0.772. The summed E-state index contributed by atoms with van der Waals surface area (Å²) in [5.41, 5.74) is 6.38. The highest BCUT2D eigenvalue weighted by Gasteiger charge is 2.13. The number of carbonyl (C=O) groups is 1. The molecule has 3 N–H and O–H groups in total. The van der Waals surface area contributed by atoms with Gasteiger partial charge in [0.15, 0.2) is 11.5 Å². The maximum Gasteiger partial charge on any atom is 0.220 e. The molecule has 1 aromatic rings. The fourth-order valence-corrected chi connectivity index (χ4v) is 1.96. The molecule has 0 heterocycles. The Hall–Kier alpha value is -1.75. The largest absolute Gasteiger partial charge is 0.493 e. The lowest BCUT2D eigenvalue weighted by molar-refractivity contribution is -0.121. The summed E-state index contributed by atoms with van der Waals surface area (Å²) in [6.45, 7) is 6.40. The third-order valence-electron chi connectivity index (χ3n) is 3.04. The van der Waals surface area contributed by atoms with Crippen LogP contribution in [0.15, 0.2) is 18.2 Å². The Balaban J connectivity index is 2.76. The number of rotatable bonds is 8. The van der Waals surface area contributed by atoms with Crippen molar-refractivity contribution in [3.8, 4) is 11.5 Å². The van der Waals surface area contributed by atoms with Crippen LogP contribution >= 0.6 is 0 Å². The van der Waals surface area contributed by atoms with Crippen molar-refractivity contribution in [2.75, 3.05) is 13.7 Å². The summed E-state index contributed by atoms with van der Waals surface area (Å²) in [4.78, 5) is 11.7. The van der Waals surface area contributed by atoms with Crippen molar-refractivity contribution in [1.29, 1.82) is 0 Å². The number of methoxy groups -OCH3 is 1. The van der Waals surface area contributed by atoms with E-state index in [9.17, 15) is 4.79 Å². The molecule has 1 unspecified atom stereocenters. The number of hydrogen-bond donors (Lipinski definition) is 2. The minimum Gasteiger partial charge on any atom is -0.493 e. The first-order valence-electron chi connectivity index (χ1n) is 7.32. The Morgan fingerprint density at radius 1 is 1.29 bits per heavy atom. The van der Waals surface area contributed by atoms with Crippen LogP contribution < -0.4 is 20.5 Å². The van der Waals surface area contributed by atoms with Crippen LogP contribution in [0, 0.1) is 0 Å². The zero-order valence-electron chi connectivity index (χ0n) is 13.3. The van der Waals surface area contributed by atoms with Gasteiger partial charge in [0.1, 0.15) is 0 Å². The van der Waals surface area contributed by atoms with E-state index in [2.05, 4.69) is 5.32 Å². The van der Waals surface area contributed by atoms with Crippen molar-refractivity contribution < 1.29 is 14.3 Å². The van der Waals surface area contributed by atoms with Gasteiger partial charge in [-0.3, -0.25) is 4.79 Å². The van der Waals surface area contributed by atoms with E-state index in [0.29, 0.717) is 30.9 Å². The number of ether oxygens (including phenoxy) is 2. The summed E-state index contributed by atoms with van der Waals surface area (Å²) in [6, 6.07) is 5.62. The molecule has 5 nitrogen and oxygen atoms in total. The van der Waals surface area contributed by atoms with Crippen LogP contribution in [-0.4, -0.2) is 25.7 Å². The molecule has 1 aromatic carbocycles. The molecule has 0 aliphatic carbocycles. The summed E-state index contributed by atoms with van der Waals surface area (Å²) >= 11 is 0. The number of nitrogens with one attached hydrogen (secondary N) is 1. The molecular formula is C16H26N2O3. The van der Waals surface area contributed by atoms with Crippen LogP contribution in [0.3, 0.4) is 0 Å². The van der Waals surface area contributed by atoms with Gasteiger partial charge in [-0.25, -0.2) is 0 Å². The maximum absolute atomic E-state index is 11.7. The lowest BCUT2D eigenvalue weighted by Crippen LogP contribution is -2.26. The molecule has 21 heavy (non-hydrogen) atoms. The van der Waals surface area contributed by atoms with E-state index in [4.69, 9.17) is 15.2 Å². The zero-order valence-corrected chi connectivity index (χ0v) is 13.3. The van der Waals surface area contributed by atoms with E-state index in [1.165, 1.54) is 0 Å². The van der Waals surface area contributed by atoms with Crippen LogP contribution in [0.4, 0.5) is 0 Å². The average molecular weight is 294 g/mol. The number of benzene rings is 1. The van der Waals surface area contributed by atoms with Gasteiger partial charge in [0, 0.05) is 6.42 Å². The van der Waals surface area contributed by atoms with Gasteiger partial charge < -0.3 is 20.5 Å². The summed E-state index contributed by atoms with van der Waals surface area (Å²) in [5, 5.41) is 2.95. The Kier molecular flexibility index (Phi) is 7.02. The minimum atomic E-state index is -0.0859. The van der Waals surface area contributed by atoms with Gasteiger partial charge in [-0.1, -0.05) is 6.07 Å². The van der Waals surface area contributed by atoms with E-state index in [-0.39, 0.29) is 18.1 Å². The van der Waals surface area contributed by atoms with Gasteiger partial charge >= 0.3 is 0 Å². The van der Waals surface area contributed by atoms with E-state index in [1.807, 2.05) is 39.0 Å². The van der Waals surface area contributed by atoms with Crippen LogP contribution in [0.5, 0.6) is 11.5 Å². The van der Waals surface area contributed by atoms with E-state index >= 15 is 0 Å². The fourth-order valence-electron chi connectivity index (χ4n) is 1.96. The van der Waals surface area contributed by atoms with Gasteiger partial charge in [-0.15, -0.1) is 0 Å². The summed E-state index contributed by atoms with van der Waals surface area (Å²) in [7, 11) is 1.61. The minimum absolute atomic E-state index is 0.00873. The smallest absolute Gasteiger partial charge is 0.220 e. The molecule has 0 fully saturated rings. The molecule has 0 saturated carbocycles. The second-order valence-electron chi connectivity index (χ2n) is 5.26. The van der Waals surface area contributed by atoms with E-state index in [0.717, 1.165) is 5.56 Å². The molecule has 0 radical (unpaired) electrons. The summed E-state index contributed by atoms with van der Waals surface area (Å²) < 4.78 is 11.0. The highest BCUT2D eigenvalue weighted by Crippen LogP contribution is 2.31. The lowest BCUT2D eigenvalue weighted by Gasteiger charge is -2.18. The van der Waals surface area contributed by atoms with Crippen LogP contribution in [0.1, 0.15) is 45.2 Å². The van der Waals surface area contributed by atoms with Crippen molar-refractivity contribution in [3.05, 3.63) is 23.8 Å². The summed E-state index contributed by atoms with van der Waals surface area (Å²) in [6.07, 6.45) is 1.23. The van der Waals surface area contributed by atoms with Crippen molar-refractivity contribution in [2.45, 2.75) is 45.8 Å². The molecule has 0 aliphatic rings. The average Bonchev–Trinajstić information content (AvgIpc) is 2.44. The predicted molar refractivity (Wildman–Crippen MR) is 83.6 cm³/mol. The first-order valence-corrected chi connectivity index (χ1v) is 7.32. The van der Waals surface area contributed by atoms with Gasteiger partial charge in [0.25, 0.3) is 0 Å². The normalized spacial score (nSPS) is 12.1. The molecule has 1 atom stereocenters. The SMILES string of the molecule is COc1cc(C(C)NC(=O)CCCN)ccc1OC(C)C. The number of nitrogens with two attached hydrogens (primary N) is 1. The van der Waals surface area contributed by atoms with Crippen LogP contribution in [0.25, 0.3) is 0 Å². The standard InChI is InChI=1S/C16H26N2O3/c1-11(2)21-14-8-7-13(10-15(14)20-4)12(3)18-16(19)6-5-9-17/h7-8,10-12H,5-6,9,17H2,1-4H3,(H,18,19). The molecule has 1 rings (SSSR count). The Bertz CT molecular complexity index is 461. The Morgan fingerprint density at radius 3 is 2.57 bits per heavy atom. The molecule has 1 amide bonds. The number of carbonyl (C=O) groups excluding carboxylic acids is 1. The second kappa shape index (κ2) is 8.52. The predicted octanol–water partition coefficient (Wildman–Crippen LogP) is 2.40. The molecule has 0 aliphatic heterocycles. The lowest BCUT2D eigenvalue weighted by atomic mass is 10.1. The van der Waals surface area contributed by atoms with Crippen molar-refractivity contribution >= 4 is 5.91 Å². The van der Waals surface area contributed by atoms with E-state index in [1.54, 1.807) is 7.11 Å². The molecule has 0 bridgehead atoms. The first kappa shape index (κ1) is 17.3. The third-order valence-corrected chi connectivity index (χ3v) is 3.04. The topological polar surface area (TPSA) is 73.6 Å². The number of hydrogen-bond acceptors (Lipinski definition) is 4. The summed E-state index contributed by atoms with van der Waals surface area (Å²) in [5.74, 6) is 1.39. The first-order chi connectivity index (χ1) is 9.97. The number of amides is 1. The van der Waals surface area contributed by atoms with Gasteiger partial charge in [-0.05, 0) is 51.4 Å². The van der Waals surface area contributed by atoms with Crippen LogP contribution in [0.2, 0.25) is 0 Å². The van der Waals surface area contributed by atoms with Gasteiger partial charge in [0.2, 0.25) is 5.91 Å². The van der Waals surface area contributed by atoms with Crippen LogP contribution in [-0.2, 0) is 4.79 Å². The van der Waals surface area contributed by atoms with Crippen molar-refractivity contribution in [1.82, 2.24) is 5.32 Å². The van der Waals surface area contributed by atoms with E-state index < -0.39 is 0 Å².